The molecule has 2 heterocycles. The Morgan fingerprint density at radius 2 is 2.00 bits per heavy atom. The van der Waals surface area contributed by atoms with Crippen LogP contribution in [0.4, 0.5) is 5.69 Å². The normalized spacial score (nSPS) is 11.6. The molecule has 27 heavy (non-hydrogen) atoms. The molecule has 0 aliphatic heterocycles. The lowest BCUT2D eigenvalue weighted by Crippen LogP contribution is -2.30. The fourth-order valence-electron chi connectivity index (χ4n) is 2.44. The minimum atomic E-state index is -1.10. The monoisotopic (exact) mass is 364 g/mol. The number of para-hydroxylation sites is 1. The summed E-state index contributed by atoms with van der Waals surface area (Å²) < 4.78 is 6.57. The zero-order chi connectivity index (χ0) is 19.6. The quantitative estimate of drug-likeness (QED) is 0.700. The lowest BCUT2D eigenvalue weighted by molar-refractivity contribution is -0.123. The van der Waals surface area contributed by atoms with Gasteiger partial charge in [0.1, 0.15) is 6.07 Å². The van der Waals surface area contributed by atoms with Crippen molar-refractivity contribution in [2.24, 2.45) is 0 Å². The van der Waals surface area contributed by atoms with Crippen molar-refractivity contribution >= 4 is 23.3 Å². The lowest BCUT2D eigenvalue weighted by Gasteiger charge is -2.13. The van der Waals surface area contributed by atoms with E-state index in [1.54, 1.807) is 30.3 Å². The first-order valence-electron chi connectivity index (χ1n) is 8.11. The van der Waals surface area contributed by atoms with Gasteiger partial charge in [-0.1, -0.05) is 12.1 Å². The second-order valence-electron chi connectivity index (χ2n) is 5.88. The van der Waals surface area contributed by atoms with E-state index in [4.69, 9.17) is 10.00 Å². The Bertz CT molecular complexity index is 1080. The highest BCUT2D eigenvalue weighted by molar-refractivity contribution is 5.97. The van der Waals surface area contributed by atoms with Gasteiger partial charge in [0.2, 0.25) is 0 Å². The van der Waals surface area contributed by atoms with E-state index < -0.39 is 18.0 Å². The minimum Gasteiger partial charge on any atom is -0.447 e. The number of rotatable bonds is 4. The van der Waals surface area contributed by atoms with E-state index in [0.29, 0.717) is 11.3 Å². The summed E-state index contributed by atoms with van der Waals surface area (Å²) in [5.41, 5.74) is 2.16. The molecule has 0 saturated carbocycles. The third kappa shape index (κ3) is 3.74. The maximum Gasteiger partial charge on any atom is 0.379 e. The van der Waals surface area contributed by atoms with Crippen molar-refractivity contribution in [3.63, 3.8) is 0 Å². The second-order valence-corrected chi connectivity index (χ2v) is 5.88. The Balaban J connectivity index is 1.73. The molecule has 3 rings (SSSR count). The molecule has 2 aromatic heterocycles. The number of carbonyl (C=O) groups is 2. The number of carbonyl (C=O) groups excluding carboxylic acids is 2. The number of nitrogens with zero attached hydrogens (tertiary/aromatic N) is 5. The molecule has 1 N–H and O–H groups in total. The molecule has 3 aromatic rings. The zero-order valence-corrected chi connectivity index (χ0v) is 14.9. The fraction of sp³-hybridized carbons (Fsp3) is 0.222. The number of anilines is 1. The summed E-state index contributed by atoms with van der Waals surface area (Å²) in [5, 5.41) is 15.7. The number of nitrogens with one attached hydrogen (secondary N) is 1. The molecule has 0 saturated heterocycles. The molecule has 1 atom stereocenters. The molecular formula is C18H16N6O3. The van der Waals surface area contributed by atoms with Crippen LogP contribution in [0.5, 0.6) is 0 Å². The number of ether oxygens (including phenoxy) is 1. The van der Waals surface area contributed by atoms with E-state index in [1.165, 1.54) is 11.4 Å². The Labute approximate surface area is 154 Å². The number of hydrogen-bond donors (Lipinski definition) is 1. The summed E-state index contributed by atoms with van der Waals surface area (Å²) in [6.07, 6.45) is -1.10. The van der Waals surface area contributed by atoms with Crippen molar-refractivity contribution in [2.45, 2.75) is 26.9 Å². The smallest absolute Gasteiger partial charge is 0.379 e. The van der Waals surface area contributed by atoms with Gasteiger partial charge in [0.05, 0.1) is 11.3 Å². The van der Waals surface area contributed by atoms with Crippen molar-refractivity contribution in [1.82, 2.24) is 19.6 Å². The predicted octanol–water partition coefficient (Wildman–Crippen LogP) is 1.80. The van der Waals surface area contributed by atoms with Crippen molar-refractivity contribution in [2.75, 3.05) is 5.32 Å². The summed E-state index contributed by atoms with van der Waals surface area (Å²) in [6.45, 7) is 5.05. The molecule has 0 aliphatic rings. The molecule has 0 spiro atoms. The van der Waals surface area contributed by atoms with E-state index in [-0.39, 0.29) is 11.6 Å². The first-order chi connectivity index (χ1) is 12.9. The van der Waals surface area contributed by atoms with E-state index in [1.807, 2.05) is 19.9 Å². The summed E-state index contributed by atoms with van der Waals surface area (Å²) in [5.74, 6) is -1.32. The van der Waals surface area contributed by atoms with Crippen LogP contribution in [-0.2, 0) is 9.53 Å². The van der Waals surface area contributed by atoms with Gasteiger partial charge in [-0.05, 0) is 39.0 Å². The first-order valence-corrected chi connectivity index (χ1v) is 8.11. The average molecular weight is 364 g/mol. The highest BCUT2D eigenvalue weighted by atomic mass is 16.5. The standard InChI is InChI=1S/C18H16N6O3/c1-10-8-11(2)24-18(20-10)22-15(23-24)17(26)27-12(3)16(25)21-14-7-5-4-6-13(14)9-19/h4-8,12H,1-3H3,(H,21,25)/t12-/m0/s1. The van der Waals surface area contributed by atoms with Gasteiger partial charge in [-0.3, -0.25) is 4.79 Å². The van der Waals surface area contributed by atoms with Gasteiger partial charge in [-0.15, -0.1) is 5.10 Å². The molecule has 1 aromatic carbocycles. The van der Waals surface area contributed by atoms with Crippen molar-refractivity contribution in [1.29, 1.82) is 5.26 Å². The van der Waals surface area contributed by atoms with Crippen LogP contribution < -0.4 is 5.32 Å². The highest BCUT2D eigenvalue weighted by Crippen LogP contribution is 2.14. The van der Waals surface area contributed by atoms with Crippen LogP contribution in [0.2, 0.25) is 0 Å². The molecular weight excluding hydrogens is 348 g/mol. The molecule has 0 unspecified atom stereocenters. The second kappa shape index (κ2) is 7.21. The van der Waals surface area contributed by atoms with Gasteiger partial charge in [-0.2, -0.15) is 10.2 Å². The van der Waals surface area contributed by atoms with Crippen molar-refractivity contribution < 1.29 is 14.3 Å². The highest BCUT2D eigenvalue weighted by Gasteiger charge is 2.23. The number of benzene rings is 1. The van der Waals surface area contributed by atoms with E-state index in [9.17, 15) is 9.59 Å². The Morgan fingerprint density at radius 3 is 2.74 bits per heavy atom. The lowest BCUT2D eigenvalue weighted by atomic mass is 10.2. The van der Waals surface area contributed by atoms with Crippen LogP contribution in [0.1, 0.15) is 34.5 Å². The van der Waals surface area contributed by atoms with Crippen LogP contribution in [0, 0.1) is 25.2 Å². The SMILES string of the molecule is Cc1cc(C)n2nc(C(=O)O[C@@H](C)C(=O)Nc3ccccc3C#N)nc2n1. The van der Waals surface area contributed by atoms with Crippen LogP contribution in [-0.4, -0.2) is 37.6 Å². The van der Waals surface area contributed by atoms with Crippen LogP contribution in [0.15, 0.2) is 30.3 Å². The van der Waals surface area contributed by atoms with Crippen molar-refractivity contribution in [3.8, 4) is 6.07 Å². The van der Waals surface area contributed by atoms with Crippen molar-refractivity contribution in [3.05, 3.63) is 53.1 Å². The van der Waals surface area contributed by atoms with Gasteiger partial charge in [0.15, 0.2) is 6.10 Å². The summed E-state index contributed by atoms with van der Waals surface area (Å²) in [4.78, 5) is 32.8. The summed E-state index contributed by atoms with van der Waals surface area (Å²) in [7, 11) is 0. The molecule has 1 amide bonds. The maximum atomic E-state index is 12.3. The Morgan fingerprint density at radius 1 is 1.26 bits per heavy atom. The topological polar surface area (TPSA) is 122 Å². The molecule has 136 valence electrons. The number of nitriles is 1. The number of amides is 1. The van der Waals surface area contributed by atoms with Gasteiger partial charge in [-0.25, -0.2) is 14.3 Å². The molecule has 0 fully saturated rings. The zero-order valence-electron chi connectivity index (χ0n) is 14.9. The fourth-order valence-corrected chi connectivity index (χ4v) is 2.44. The number of esters is 1. The molecule has 0 aliphatic carbocycles. The van der Waals surface area contributed by atoms with E-state index >= 15 is 0 Å². The Kier molecular flexibility index (Phi) is 4.81. The van der Waals surface area contributed by atoms with Gasteiger partial charge >= 0.3 is 5.97 Å². The molecule has 0 bridgehead atoms. The molecule has 0 radical (unpaired) electrons. The van der Waals surface area contributed by atoms with Gasteiger partial charge in [0, 0.05) is 11.4 Å². The van der Waals surface area contributed by atoms with E-state index in [2.05, 4.69) is 20.4 Å². The van der Waals surface area contributed by atoms with Crippen LogP contribution in [0.25, 0.3) is 5.78 Å². The molecule has 9 heteroatoms. The summed E-state index contributed by atoms with van der Waals surface area (Å²) in [6, 6.07) is 10.3. The van der Waals surface area contributed by atoms with Gasteiger partial charge < -0.3 is 10.1 Å². The third-order valence-electron chi connectivity index (χ3n) is 3.76. The van der Waals surface area contributed by atoms with Gasteiger partial charge in [0.25, 0.3) is 17.5 Å². The predicted molar refractivity (Wildman–Crippen MR) is 94.9 cm³/mol. The third-order valence-corrected chi connectivity index (χ3v) is 3.76. The number of aryl methyl sites for hydroxylation is 2. The first kappa shape index (κ1) is 18.0. The summed E-state index contributed by atoms with van der Waals surface area (Å²) >= 11 is 0. The van der Waals surface area contributed by atoms with Crippen LogP contribution >= 0.6 is 0 Å². The average Bonchev–Trinajstić information content (AvgIpc) is 3.06. The number of aromatic nitrogens is 4. The number of fused-ring (bicyclic) bond motifs is 1. The maximum absolute atomic E-state index is 12.3. The minimum absolute atomic E-state index is 0.187. The number of hydrogen-bond acceptors (Lipinski definition) is 7. The van der Waals surface area contributed by atoms with Crippen LogP contribution in [0.3, 0.4) is 0 Å². The van der Waals surface area contributed by atoms with E-state index in [0.717, 1.165) is 11.4 Å². The Hall–Kier alpha value is -3.80. The largest absolute Gasteiger partial charge is 0.447 e. The molecule has 9 nitrogen and oxygen atoms in total.